The molecule has 0 spiro atoms. The largest absolute Gasteiger partial charge is 0.493 e. The van der Waals surface area contributed by atoms with Gasteiger partial charge in [0, 0.05) is 30.8 Å². The van der Waals surface area contributed by atoms with Crippen LogP contribution >= 0.6 is 0 Å². The van der Waals surface area contributed by atoms with Crippen molar-refractivity contribution in [3.8, 4) is 5.75 Å². The molecule has 7 heteroatoms. The van der Waals surface area contributed by atoms with Crippen LogP contribution in [-0.2, 0) is 11.3 Å². The van der Waals surface area contributed by atoms with Gasteiger partial charge < -0.3 is 14.7 Å². The van der Waals surface area contributed by atoms with Gasteiger partial charge in [-0.05, 0) is 51.3 Å². The number of hydrogen-bond donors (Lipinski definition) is 1. The minimum atomic E-state index is -0.786. The molecule has 0 saturated heterocycles. The molecule has 1 N–H and O–H groups in total. The molecule has 1 amide bonds. The number of ether oxygens (including phenoxy) is 1. The normalized spacial score (nSPS) is 10.8. The first-order valence-electron chi connectivity index (χ1n) is 9.73. The number of aliphatic carboxylic acids is 1. The lowest BCUT2D eigenvalue weighted by molar-refractivity contribution is -0.137. The molecule has 1 aromatic carbocycles. The van der Waals surface area contributed by atoms with E-state index in [4.69, 9.17) is 9.84 Å². The van der Waals surface area contributed by atoms with Crippen LogP contribution in [0.5, 0.6) is 5.75 Å². The number of carboxylic acids is 1. The molecular weight excluding hydrogens is 375 g/mol. The SMILES string of the molecule is CC(C)N(Cc1ccccc1OCCCCCC(=O)O)C(=O)c1ccc(F)nc1. The predicted molar refractivity (Wildman–Crippen MR) is 107 cm³/mol. The molecule has 0 aliphatic carbocycles. The molecular formula is C22H27FN2O4. The van der Waals surface area contributed by atoms with Crippen LogP contribution in [0.2, 0.25) is 0 Å². The van der Waals surface area contributed by atoms with E-state index in [-0.39, 0.29) is 18.4 Å². The van der Waals surface area contributed by atoms with E-state index < -0.39 is 11.9 Å². The summed E-state index contributed by atoms with van der Waals surface area (Å²) in [7, 11) is 0. The first kappa shape index (κ1) is 22.3. The summed E-state index contributed by atoms with van der Waals surface area (Å²) in [4.78, 5) is 28.7. The Morgan fingerprint density at radius 2 is 1.90 bits per heavy atom. The van der Waals surface area contributed by atoms with Gasteiger partial charge in [0.2, 0.25) is 5.95 Å². The van der Waals surface area contributed by atoms with E-state index in [1.54, 1.807) is 4.90 Å². The highest BCUT2D eigenvalue weighted by Gasteiger charge is 2.21. The topological polar surface area (TPSA) is 79.7 Å². The van der Waals surface area contributed by atoms with Crippen LogP contribution in [0, 0.1) is 5.95 Å². The average molecular weight is 402 g/mol. The van der Waals surface area contributed by atoms with Crippen molar-refractivity contribution in [2.75, 3.05) is 6.61 Å². The van der Waals surface area contributed by atoms with Crippen molar-refractivity contribution in [2.24, 2.45) is 0 Å². The monoisotopic (exact) mass is 402 g/mol. The Labute approximate surface area is 170 Å². The molecule has 0 atom stereocenters. The minimum absolute atomic E-state index is 0.0726. The Balaban J connectivity index is 2.01. The summed E-state index contributed by atoms with van der Waals surface area (Å²) in [6.45, 7) is 4.67. The molecule has 0 bridgehead atoms. The Kier molecular flexibility index (Phi) is 8.58. The first-order chi connectivity index (χ1) is 13.9. The zero-order valence-corrected chi connectivity index (χ0v) is 16.8. The number of para-hydroxylation sites is 1. The molecule has 1 heterocycles. The molecule has 0 fully saturated rings. The Morgan fingerprint density at radius 3 is 2.55 bits per heavy atom. The third kappa shape index (κ3) is 7.18. The maximum atomic E-state index is 13.1. The Bertz CT molecular complexity index is 809. The smallest absolute Gasteiger partial charge is 0.303 e. The number of pyridine rings is 1. The fraction of sp³-hybridized carbons (Fsp3) is 0.409. The summed E-state index contributed by atoms with van der Waals surface area (Å²) in [6.07, 6.45) is 3.58. The molecule has 0 aliphatic heterocycles. The van der Waals surface area contributed by atoms with Crippen molar-refractivity contribution >= 4 is 11.9 Å². The minimum Gasteiger partial charge on any atom is -0.493 e. The lowest BCUT2D eigenvalue weighted by Crippen LogP contribution is -2.36. The molecule has 0 radical (unpaired) electrons. The van der Waals surface area contributed by atoms with Gasteiger partial charge in [0.25, 0.3) is 5.91 Å². The van der Waals surface area contributed by atoms with Gasteiger partial charge in [0.05, 0.1) is 12.2 Å². The van der Waals surface area contributed by atoms with Gasteiger partial charge in [-0.1, -0.05) is 18.2 Å². The average Bonchev–Trinajstić information content (AvgIpc) is 2.69. The molecule has 6 nitrogen and oxygen atoms in total. The number of carbonyl (C=O) groups excluding carboxylic acids is 1. The highest BCUT2D eigenvalue weighted by Crippen LogP contribution is 2.22. The van der Waals surface area contributed by atoms with Crippen molar-refractivity contribution < 1.29 is 23.8 Å². The fourth-order valence-electron chi connectivity index (χ4n) is 2.85. The number of rotatable bonds is 11. The maximum absolute atomic E-state index is 13.1. The molecule has 0 saturated carbocycles. The van der Waals surface area contributed by atoms with Crippen LogP contribution in [0.15, 0.2) is 42.6 Å². The van der Waals surface area contributed by atoms with E-state index in [1.807, 2.05) is 38.1 Å². The number of hydrogen-bond acceptors (Lipinski definition) is 4. The van der Waals surface area contributed by atoms with Crippen LogP contribution in [0.25, 0.3) is 0 Å². The second-order valence-electron chi connectivity index (χ2n) is 7.06. The molecule has 1 aromatic heterocycles. The number of carbonyl (C=O) groups is 2. The fourth-order valence-corrected chi connectivity index (χ4v) is 2.85. The van der Waals surface area contributed by atoms with Gasteiger partial charge in [0.15, 0.2) is 0 Å². The lowest BCUT2D eigenvalue weighted by Gasteiger charge is -2.27. The second-order valence-corrected chi connectivity index (χ2v) is 7.06. The van der Waals surface area contributed by atoms with Crippen LogP contribution in [0.3, 0.4) is 0 Å². The highest BCUT2D eigenvalue weighted by atomic mass is 19.1. The predicted octanol–water partition coefficient (Wildman–Crippen LogP) is 4.30. The van der Waals surface area contributed by atoms with E-state index in [9.17, 15) is 14.0 Å². The molecule has 0 unspecified atom stereocenters. The third-order valence-corrected chi connectivity index (χ3v) is 4.46. The van der Waals surface area contributed by atoms with E-state index in [0.29, 0.717) is 30.9 Å². The van der Waals surface area contributed by atoms with Gasteiger partial charge in [-0.2, -0.15) is 4.39 Å². The summed E-state index contributed by atoms with van der Waals surface area (Å²) in [5, 5.41) is 8.67. The van der Waals surface area contributed by atoms with Gasteiger partial charge in [-0.15, -0.1) is 0 Å². The van der Waals surface area contributed by atoms with Crippen molar-refractivity contribution in [1.29, 1.82) is 0 Å². The van der Waals surface area contributed by atoms with Crippen LogP contribution < -0.4 is 4.74 Å². The summed E-state index contributed by atoms with van der Waals surface area (Å²) in [6, 6.07) is 10.1. The lowest BCUT2D eigenvalue weighted by atomic mass is 10.1. The second kappa shape index (κ2) is 11.1. The summed E-state index contributed by atoms with van der Waals surface area (Å²) in [5.74, 6) is -0.941. The van der Waals surface area contributed by atoms with Crippen LogP contribution in [0.1, 0.15) is 55.5 Å². The van der Waals surface area contributed by atoms with Crippen LogP contribution in [0.4, 0.5) is 4.39 Å². The van der Waals surface area contributed by atoms with E-state index in [1.165, 1.54) is 18.3 Å². The number of unbranched alkanes of at least 4 members (excludes halogenated alkanes) is 2. The molecule has 2 aromatic rings. The Morgan fingerprint density at radius 1 is 1.14 bits per heavy atom. The number of halogens is 1. The van der Waals surface area contributed by atoms with Crippen molar-refractivity contribution in [2.45, 2.75) is 52.1 Å². The summed E-state index contributed by atoms with van der Waals surface area (Å²) >= 11 is 0. The van der Waals surface area contributed by atoms with Crippen molar-refractivity contribution in [1.82, 2.24) is 9.88 Å². The quantitative estimate of drug-likeness (QED) is 0.448. The zero-order valence-electron chi connectivity index (χ0n) is 16.8. The molecule has 0 aliphatic rings. The van der Waals surface area contributed by atoms with Gasteiger partial charge in [-0.3, -0.25) is 9.59 Å². The van der Waals surface area contributed by atoms with Gasteiger partial charge in [0.1, 0.15) is 5.75 Å². The number of nitrogens with zero attached hydrogens (tertiary/aromatic N) is 2. The number of carboxylic acid groups (broad SMARTS) is 1. The molecule has 156 valence electrons. The van der Waals surface area contributed by atoms with Crippen LogP contribution in [-0.4, -0.2) is 39.5 Å². The number of benzene rings is 1. The van der Waals surface area contributed by atoms with Crippen molar-refractivity contribution in [3.63, 3.8) is 0 Å². The van der Waals surface area contributed by atoms with Gasteiger partial charge in [-0.25, -0.2) is 4.98 Å². The highest BCUT2D eigenvalue weighted by molar-refractivity contribution is 5.94. The molecule has 2 rings (SSSR count). The van der Waals surface area contributed by atoms with E-state index in [2.05, 4.69) is 4.98 Å². The zero-order chi connectivity index (χ0) is 21.2. The van der Waals surface area contributed by atoms with Crippen molar-refractivity contribution in [3.05, 3.63) is 59.7 Å². The number of amides is 1. The summed E-state index contributed by atoms with van der Waals surface area (Å²) in [5.41, 5.74) is 1.20. The standard InChI is InChI=1S/C22H27FN2O4/c1-16(2)25(22(28)17-11-12-20(23)24-14-17)15-18-8-5-6-9-19(18)29-13-7-3-4-10-21(26)27/h5-6,8-9,11-12,14,16H,3-4,7,10,13,15H2,1-2H3,(H,26,27). The van der Waals surface area contributed by atoms with Gasteiger partial charge >= 0.3 is 5.97 Å². The summed E-state index contributed by atoms with van der Waals surface area (Å²) < 4.78 is 18.9. The van der Waals surface area contributed by atoms with E-state index in [0.717, 1.165) is 18.4 Å². The molecule has 29 heavy (non-hydrogen) atoms. The number of aromatic nitrogens is 1. The van der Waals surface area contributed by atoms with E-state index >= 15 is 0 Å². The maximum Gasteiger partial charge on any atom is 0.303 e. The Hall–Kier alpha value is -2.96. The first-order valence-corrected chi connectivity index (χ1v) is 9.73. The third-order valence-electron chi connectivity index (χ3n) is 4.46.